The van der Waals surface area contributed by atoms with Crippen LogP contribution in [0.25, 0.3) is 21.9 Å². The largest absolute Gasteiger partial charge is 0.456 e. The number of benzene rings is 2. The number of fused-ring (bicyclic) bond motifs is 3. The zero-order chi connectivity index (χ0) is 22.5. The van der Waals surface area contributed by atoms with E-state index < -0.39 is 15.2 Å². The minimum atomic E-state index is -3.67. The molecule has 0 unspecified atom stereocenters. The summed E-state index contributed by atoms with van der Waals surface area (Å²) in [7, 11) is -2.43. The fraction of sp³-hybridized carbons (Fsp3) is 0.333. The molecule has 11 nitrogen and oxygen atoms in total. The Kier molecular flexibility index (Phi) is 8.01. The molecule has 3 rings (SSSR count). The van der Waals surface area contributed by atoms with Crippen LogP contribution in [0.1, 0.15) is 11.1 Å². The summed E-state index contributed by atoms with van der Waals surface area (Å²) >= 11 is 0. The molecule has 0 fully saturated rings. The first-order valence-corrected chi connectivity index (χ1v) is 12.3. The van der Waals surface area contributed by atoms with E-state index in [4.69, 9.17) is 23.1 Å². The Morgan fingerprint density at radius 2 is 1.13 bits per heavy atom. The van der Waals surface area contributed by atoms with Gasteiger partial charge in [0.15, 0.2) is 0 Å². The molecule has 0 saturated heterocycles. The molecule has 1 aromatic heterocycles. The second-order valence-corrected chi connectivity index (χ2v) is 9.94. The third-order valence-electron chi connectivity index (χ3n) is 4.10. The van der Waals surface area contributed by atoms with Gasteiger partial charge in [-0.1, -0.05) is 18.2 Å². The van der Waals surface area contributed by atoms with Gasteiger partial charge in [-0.2, -0.15) is 0 Å². The first-order valence-electron chi connectivity index (χ1n) is 8.87. The lowest BCUT2D eigenvalue weighted by molar-refractivity contribution is -0.242. The standard InChI is InChI=1S/C18H22O11P2/c1-21-26-30(19,27-22-2)11-13-6-8-17-16(9-13)15-7-5-14(10-18(15)25-17)12-31(20,28-23-3)29-24-4/h5-10H,11-12H2,1-4H3. The van der Waals surface area contributed by atoms with Gasteiger partial charge in [0, 0.05) is 10.8 Å². The average Bonchev–Trinajstić information content (AvgIpc) is 3.05. The third-order valence-corrected chi connectivity index (χ3v) is 7.11. The molecular formula is C18H22O11P2. The molecule has 0 amide bonds. The molecule has 170 valence electrons. The van der Waals surface area contributed by atoms with Crippen molar-refractivity contribution in [3.8, 4) is 0 Å². The van der Waals surface area contributed by atoms with Gasteiger partial charge in [0.1, 0.15) is 11.2 Å². The maximum absolute atomic E-state index is 12.6. The van der Waals surface area contributed by atoms with E-state index in [-0.39, 0.29) is 12.3 Å². The van der Waals surface area contributed by atoms with Gasteiger partial charge in [-0.25, -0.2) is 19.6 Å². The van der Waals surface area contributed by atoms with Crippen LogP contribution in [-0.2, 0) is 59.7 Å². The molecular weight excluding hydrogens is 454 g/mol. The van der Waals surface area contributed by atoms with E-state index in [2.05, 4.69) is 19.6 Å². The zero-order valence-corrected chi connectivity index (χ0v) is 19.1. The highest BCUT2D eigenvalue weighted by atomic mass is 31.2. The fourth-order valence-corrected chi connectivity index (χ4v) is 5.55. The molecule has 0 saturated carbocycles. The van der Waals surface area contributed by atoms with Gasteiger partial charge < -0.3 is 4.42 Å². The van der Waals surface area contributed by atoms with Crippen LogP contribution in [-0.4, -0.2) is 28.4 Å². The molecule has 1 heterocycles. The highest BCUT2D eigenvalue weighted by Gasteiger charge is 2.29. The van der Waals surface area contributed by atoms with Crippen LogP contribution >= 0.6 is 15.2 Å². The first-order chi connectivity index (χ1) is 14.8. The van der Waals surface area contributed by atoms with Gasteiger partial charge in [0.2, 0.25) is 0 Å². The Morgan fingerprint density at radius 1 is 0.645 bits per heavy atom. The van der Waals surface area contributed by atoms with Crippen LogP contribution in [0, 0.1) is 0 Å². The Morgan fingerprint density at radius 3 is 1.65 bits per heavy atom. The Labute approximate surface area is 177 Å². The lowest BCUT2D eigenvalue weighted by atomic mass is 10.1. The summed E-state index contributed by atoms with van der Waals surface area (Å²) in [5.74, 6) is 0. The monoisotopic (exact) mass is 476 g/mol. The normalized spacial score (nSPS) is 12.8. The van der Waals surface area contributed by atoms with Crippen molar-refractivity contribution in [1.82, 2.24) is 0 Å². The van der Waals surface area contributed by atoms with Crippen molar-refractivity contribution in [3.05, 3.63) is 47.5 Å². The SMILES string of the molecule is COOP(=O)(Cc1ccc2c(c1)oc1ccc(CP(=O)(OOC)OOC)cc12)OOC. The number of furan rings is 1. The number of hydrogen-bond acceptors (Lipinski definition) is 11. The summed E-state index contributed by atoms with van der Waals surface area (Å²) in [6.45, 7) is 0. The fourth-order valence-electron chi connectivity index (χ4n) is 3.10. The molecule has 31 heavy (non-hydrogen) atoms. The summed E-state index contributed by atoms with van der Waals surface area (Å²) in [4.78, 5) is 18.0. The van der Waals surface area contributed by atoms with E-state index in [0.29, 0.717) is 22.3 Å². The minimum absolute atomic E-state index is 0.0821. The molecule has 0 bridgehead atoms. The van der Waals surface area contributed by atoms with Crippen LogP contribution in [0.3, 0.4) is 0 Å². The molecule has 0 spiro atoms. The molecule has 0 aliphatic rings. The summed E-state index contributed by atoms with van der Waals surface area (Å²) < 4.78 is 50.1. The van der Waals surface area contributed by atoms with Gasteiger partial charge in [0.25, 0.3) is 0 Å². The van der Waals surface area contributed by atoms with Gasteiger partial charge >= 0.3 is 15.2 Å². The number of hydrogen-bond donors (Lipinski definition) is 0. The van der Waals surface area contributed by atoms with Crippen molar-refractivity contribution >= 4 is 37.1 Å². The van der Waals surface area contributed by atoms with Crippen molar-refractivity contribution < 1.29 is 51.8 Å². The van der Waals surface area contributed by atoms with Crippen LogP contribution in [0.5, 0.6) is 0 Å². The van der Waals surface area contributed by atoms with Crippen LogP contribution < -0.4 is 0 Å². The maximum Gasteiger partial charge on any atom is 0.388 e. The quantitative estimate of drug-likeness (QED) is 0.193. The predicted molar refractivity (Wildman–Crippen MR) is 109 cm³/mol. The van der Waals surface area contributed by atoms with E-state index in [1.165, 1.54) is 28.4 Å². The summed E-state index contributed by atoms with van der Waals surface area (Å²) in [5.41, 5.74) is 2.44. The van der Waals surface area contributed by atoms with Crippen molar-refractivity contribution in [2.45, 2.75) is 12.3 Å². The summed E-state index contributed by atoms with van der Waals surface area (Å²) in [6, 6.07) is 10.5. The molecule has 3 aromatic rings. The Balaban J connectivity index is 1.92. The maximum atomic E-state index is 12.6. The Bertz CT molecular complexity index is 1110. The summed E-state index contributed by atoms with van der Waals surface area (Å²) in [6.07, 6.45) is -0.180. The minimum Gasteiger partial charge on any atom is -0.456 e. The highest BCUT2D eigenvalue weighted by molar-refractivity contribution is 7.53. The molecule has 13 heteroatoms. The van der Waals surface area contributed by atoms with Gasteiger partial charge in [-0.05, 0) is 29.3 Å². The van der Waals surface area contributed by atoms with E-state index in [1.807, 2.05) is 0 Å². The van der Waals surface area contributed by atoms with Crippen molar-refractivity contribution in [3.63, 3.8) is 0 Å². The molecule has 0 aliphatic carbocycles. The molecule has 2 aromatic carbocycles. The summed E-state index contributed by atoms with van der Waals surface area (Å²) in [5, 5.41) is 1.58. The predicted octanol–water partition coefficient (Wildman–Crippen LogP) is 5.28. The lowest BCUT2D eigenvalue weighted by Crippen LogP contribution is -1.98. The Hall–Kier alpha value is -1.62. The molecule has 0 N–H and O–H groups in total. The zero-order valence-electron chi connectivity index (χ0n) is 17.3. The molecule has 0 atom stereocenters. The first kappa shape index (κ1) is 24.0. The second-order valence-electron chi connectivity index (χ2n) is 6.27. The number of rotatable bonds is 12. The highest BCUT2D eigenvalue weighted by Crippen LogP contribution is 2.53. The van der Waals surface area contributed by atoms with Crippen LogP contribution in [0.2, 0.25) is 0 Å². The van der Waals surface area contributed by atoms with Crippen LogP contribution in [0.15, 0.2) is 40.8 Å². The van der Waals surface area contributed by atoms with Gasteiger partial charge in [-0.3, -0.25) is 9.13 Å². The van der Waals surface area contributed by atoms with E-state index >= 15 is 0 Å². The van der Waals surface area contributed by atoms with Gasteiger partial charge in [0.05, 0.1) is 40.8 Å². The smallest absolute Gasteiger partial charge is 0.388 e. The third kappa shape index (κ3) is 5.79. The van der Waals surface area contributed by atoms with E-state index in [1.54, 1.807) is 36.4 Å². The topological polar surface area (TPSA) is 121 Å². The average molecular weight is 476 g/mol. The lowest BCUT2D eigenvalue weighted by Gasteiger charge is -2.13. The van der Waals surface area contributed by atoms with E-state index in [0.717, 1.165) is 10.8 Å². The van der Waals surface area contributed by atoms with E-state index in [9.17, 15) is 9.13 Å². The molecule has 0 radical (unpaired) electrons. The van der Waals surface area contributed by atoms with Crippen LogP contribution in [0.4, 0.5) is 0 Å². The second kappa shape index (κ2) is 10.3. The van der Waals surface area contributed by atoms with Gasteiger partial charge in [-0.15, -0.1) is 18.7 Å². The van der Waals surface area contributed by atoms with Crippen molar-refractivity contribution in [2.24, 2.45) is 0 Å². The van der Waals surface area contributed by atoms with Crippen molar-refractivity contribution in [2.75, 3.05) is 28.4 Å². The molecule has 0 aliphatic heterocycles. The van der Waals surface area contributed by atoms with Crippen molar-refractivity contribution in [1.29, 1.82) is 0 Å².